The first-order valence-electron chi connectivity index (χ1n) is 5.65. The molecular formula is C13H15NO2. The highest BCUT2D eigenvalue weighted by molar-refractivity contribution is 5.85. The number of amides is 1. The molecule has 2 fully saturated rings. The van der Waals surface area contributed by atoms with Crippen LogP contribution in [-0.4, -0.2) is 19.6 Å². The minimum atomic E-state index is 0.186. The van der Waals surface area contributed by atoms with E-state index < -0.39 is 0 Å². The van der Waals surface area contributed by atoms with Crippen molar-refractivity contribution in [2.45, 2.75) is 12.8 Å². The van der Waals surface area contributed by atoms with Crippen LogP contribution in [0.25, 0.3) is 0 Å². The number of nitrogens with one attached hydrogen (secondary N) is 1. The Labute approximate surface area is 94.8 Å². The summed E-state index contributed by atoms with van der Waals surface area (Å²) in [5.74, 6) is 1.41. The molecule has 0 radical (unpaired) electrons. The summed E-state index contributed by atoms with van der Waals surface area (Å²) in [6.07, 6.45) is 1.98. The summed E-state index contributed by atoms with van der Waals surface area (Å²) in [6, 6.07) is 8.07. The lowest BCUT2D eigenvalue weighted by atomic mass is 9.95. The van der Waals surface area contributed by atoms with Crippen LogP contribution < -0.4 is 10.1 Å². The van der Waals surface area contributed by atoms with Crippen LogP contribution in [0.4, 0.5) is 0 Å². The zero-order valence-electron chi connectivity index (χ0n) is 9.32. The van der Waals surface area contributed by atoms with E-state index in [9.17, 15) is 4.79 Å². The second-order valence-corrected chi connectivity index (χ2v) is 4.83. The van der Waals surface area contributed by atoms with Crippen LogP contribution in [-0.2, 0) is 11.2 Å². The van der Waals surface area contributed by atoms with Crippen molar-refractivity contribution >= 4 is 5.91 Å². The fraction of sp³-hybridized carbons (Fsp3) is 0.462. The molecule has 2 atom stereocenters. The SMILES string of the molecule is COc1ccccc1CC12CNC(=O)C1C2. The first kappa shape index (κ1) is 9.70. The zero-order valence-corrected chi connectivity index (χ0v) is 9.32. The molecule has 1 saturated heterocycles. The predicted molar refractivity (Wildman–Crippen MR) is 60.2 cm³/mol. The quantitative estimate of drug-likeness (QED) is 0.830. The molecule has 1 amide bonds. The van der Waals surface area contributed by atoms with Crippen LogP contribution in [0.1, 0.15) is 12.0 Å². The van der Waals surface area contributed by atoms with E-state index in [-0.39, 0.29) is 17.2 Å². The maximum atomic E-state index is 11.4. The van der Waals surface area contributed by atoms with Gasteiger partial charge < -0.3 is 10.1 Å². The molecule has 0 bridgehead atoms. The molecule has 1 N–H and O–H groups in total. The molecule has 1 aromatic rings. The van der Waals surface area contributed by atoms with Crippen molar-refractivity contribution in [3.05, 3.63) is 29.8 Å². The molecule has 3 rings (SSSR count). The van der Waals surface area contributed by atoms with Gasteiger partial charge in [-0.2, -0.15) is 0 Å². The molecule has 1 heterocycles. The minimum absolute atomic E-state index is 0.186. The zero-order chi connectivity index (χ0) is 11.2. The molecule has 16 heavy (non-hydrogen) atoms. The highest BCUT2D eigenvalue weighted by Crippen LogP contribution is 2.57. The molecule has 84 valence electrons. The first-order chi connectivity index (χ1) is 7.75. The molecular weight excluding hydrogens is 202 g/mol. The fourth-order valence-corrected chi connectivity index (χ4v) is 2.79. The van der Waals surface area contributed by atoms with Crippen LogP contribution in [0.3, 0.4) is 0 Å². The number of ether oxygens (including phenoxy) is 1. The third kappa shape index (κ3) is 1.31. The number of fused-ring (bicyclic) bond motifs is 1. The van der Waals surface area contributed by atoms with Crippen LogP contribution in [0, 0.1) is 11.3 Å². The van der Waals surface area contributed by atoms with Crippen LogP contribution >= 0.6 is 0 Å². The van der Waals surface area contributed by atoms with Crippen molar-refractivity contribution in [3.63, 3.8) is 0 Å². The Bertz CT molecular complexity index is 443. The molecule has 3 nitrogen and oxygen atoms in total. The van der Waals surface area contributed by atoms with E-state index in [4.69, 9.17) is 4.74 Å². The monoisotopic (exact) mass is 217 g/mol. The summed E-state index contributed by atoms with van der Waals surface area (Å²) in [7, 11) is 1.69. The van der Waals surface area contributed by atoms with Crippen molar-refractivity contribution in [2.24, 2.45) is 11.3 Å². The average Bonchev–Trinajstić information content (AvgIpc) is 2.94. The first-order valence-corrected chi connectivity index (χ1v) is 5.65. The number of hydrogen-bond acceptors (Lipinski definition) is 2. The van der Waals surface area contributed by atoms with E-state index in [2.05, 4.69) is 11.4 Å². The highest BCUT2D eigenvalue weighted by Gasteiger charge is 2.62. The Hall–Kier alpha value is -1.51. The van der Waals surface area contributed by atoms with Gasteiger partial charge in [-0.3, -0.25) is 4.79 Å². The van der Waals surface area contributed by atoms with Crippen LogP contribution in [0.2, 0.25) is 0 Å². The molecule has 0 spiro atoms. The topological polar surface area (TPSA) is 38.3 Å². The van der Waals surface area contributed by atoms with E-state index >= 15 is 0 Å². The largest absolute Gasteiger partial charge is 0.496 e. The van der Waals surface area contributed by atoms with Gasteiger partial charge in [-0.1, -0.05) is 18.2 Å². The Kier molecular flexibility index (Phi) is 1.96. The van der Waals surface area contributed by atoms with Gasteiger partial charge in [0.1, 0.15) is 5.75 Å². The van der Waals surface area contributed by atoms with Gasteiger partial charge in [0.2, 0.25) is 5.91 Å². The second-order valence-electron chi connectivity index (χ2n) is 4.83. The minimum Gasteiger partial charge on any atom is -0.496 e. The Morgan fingerprint density at radius 3 is 2.94 bits per heavy atom. The van der Waals surface area contributed by atoms with Crippen molar-refractivity contribution in [1.29, 1.82) is 0 Å². The number of methoxy groups -OCH3 is 1. The molecule has 1 aliphatic carbocycles. The number of benzene rings is 1. The third-order valence-corrected chi connectivity index (χ3v) is 3.86. The summed E-state index contributed by atoms with van der Waals surface area (Å²) in [4.78, 5) is 11.4. The number of para-hydroxylation sites is 1. The Morgan fingerprint density at radius 1 is 1.50 bits per heavy atom. The maximum absolute atomic E-state index is 11.4. The lowest BCUT2D eigenvalue weighted by molar-refractivity contribution is -0.120. The molecule has 1 aromatic carbocycles. The normalized spacial score (nSPS) is 30.8. The molecule has 3 heteroatoms. The molecule has 2 aliphatic rings. The van der Waals surface area contributed by atoms with E-state index in [0.29, 0.717) is 0 Å². The van der Waals surface area contributed by atoms with E-state index in [1.54, 1.807) is 7.11 Å². The maximum Gasteiger partial charge on any atom is 0.223 e. The summed E-state index contributed by atoms with van der Waals surface area (Å²) < 4.78 is 5.34. The summed E-state index contributed by atoms with van der Waals surface area (Å²) in [6.45, 7) is 0.828. The van der Waals surface area contributed by atoms with Gasteiger partial charge in [0.25, 0.3) is 0 Å². The van der Waals surface area contributed by atoms with Gasteiger partial charge in [0.15, 0.2) is 0 Å². The number of carbonyl (C=O) groups excluding carboxylic acids is 1. The van der Waals surface area contributed by atoms with Gasteiger partial charge in [-0.05, 0) is 24.5 Å². The second kappa shape index (κ2) is 3.24. The highest BCUT2D eigenvalue weighted by atomic mass is 16.5. The predicted octanol–water partition coefficient (Wildman–Crippen LogP) is 1.37. The lowest BCUT2D eigenvalue weighted by Gasteiger charge is -2.13. The van der Waals surface area contributed by atoms with Gasteiger partial charge in [-0.25, -0.2) is 0 Å². The smallest absolute Gasteiger partial charge is 0.223 e. The number of rotatable bonds is 3. The number of piperidine rings is 1. The van der Waals surface area contributed by atoms with Crippen LogP contribution in [0.15, 0.2) is 24.3 Å². The number of hydrogen-bond donors (Lipinski definition) is 1. The van der Waals surface area contributed by atoms with Gasteiger partial charge >= 0.3 is 0 Å². The summed E-state index contributed by atoms with van der Waals surface area (Å²) >= 11 is 0. The number of carbonyl (C=O) groups is 1. The van der Waals surface area contributed by atoms with E-state index in [1.807, 2.05) is 18.2 Å². The van der Waals surface area contributed by atoms with Gasteiger partial charge in [0.05, 0.1) is 7.11 Å². The third-order valence-electron chi connectivity index (χ3n) is 3.86. The molecule has 1 saturated carbocycles. The van der Waals surface area contributed by atoms with Crippen molar-refractivity contribution in [2.75, 3.05) is 13.7 Å². The fourth-order valence-electron chi connectivity index (χ4n) is 2.79. The van der Waals surface area contributed by atoms with Gasteiger partial charge in [0, 0.05) is 17.9 Å². The lowest BCUT2D eigenvalue weighted by Crippen LogP contribution is -2.21. The molecule has 2 unspecified atom stereocenters. The average molecular weight is 217 g/mol. The Morgan fingerprint density at radius 2 is 2.31 bits per heavy atom. The van der Waals surface area contributed by atoms with Crippen LogP contribution in [0.5, 0.6) is 5.75 Å². The van der Waals surface area contributed by atoms with Crippen molar-refractivity contribution in [1.82, 2.24) is 5.32 Å². The Balaban J connectivity index is 1.83. The molecule has 1 aliphatic heterocycles. The summed E-state index contributed by atoms with van der Waals surface area (Å²) in [5.41, 5.74) is 1.40. The van der Waals surface area contributed by atoms with Gasteiger partial charge in [-0.15, -0.1) is 0 Å². The van der Waals surface area contributed by atoms with Crippen molar-refractivity contribution in [3.8, 4) is 5.75 Å². The van der Waals surface area contributed by atoms with Crippen molar-refractivity contribution < 1.29 is 9.53 Å². The summed E-state index contributed by atoms with van der Waals surface area (Å²) in [5, 5.41) is 2.94. The van der Waals surface area contributed by atoms with E-state index in [0.717, 1.165) is 25.1 Å². The standard InChI is InChI=1S/C13H15NO2/c1-16-11-5-3-2-4-9(11)6-13-7-10(13)12(15)14-8-13/h2-5,10H,6-8H2,1H3,(H,14,15). The van der Waals surface area contributed by atoms with E-state index in [1.165, 1.54) is 5.56 Å². The molecule has 0 aromatic heterocycles.